The van der Waals surface area contributed by atoms with E-state index in [1.54, 1.807) is 0 Å². The molecule has 0 unspecified atom stereocenters. The van der Waals surface area contributed by atoms with Gasteiger partial charge in [0.05, 0.1) is 23.7 Å². The molecule has 0 bridgehead atoms. The van der Waals surface area contributed by atoms with Gasteiger partial charge in [-0.15, -0.1) is 0 Å². The molecule has 1 heterocycles. The van der Waals surface area contributed by atoms with Crippen LogP contribution >= 0.6 is 15.9 Å². The lowest BCUT2D eigenvalue weighted by atomic mass is 10.0. The Kier molecular flexibility index (Phi) is 5.77. The van der Waals surface area contributed by atoms with Crippen molar-refractivity contribution in [3.8, 4) is 0 Å². The molecule has 0 radical (unpaired) electrons. The minimum Gasteiger partial charge on any atom is -0.467 e. The SMILES string of the molecule is COC(=O)[C@H](Cc1ccc(Br)cc1)NC(=O)c1c2ccccc2nc2ccccc12. The number of methoxy groups -OCH3 is 1. The first-order valence-electron chi connectivity index (χ1n) is 9.47. The number of fused-ring (bicyclic) bond motifs is 2. The summed E-state index contributed by atoms with van der Waals surface area (Å²) in [4.78, 5) is 30.5. The van der Waals surface area contributed by atoms with E-state index in [-0.39, 0.29) is 5.91 Å². The monoisotopic (exact) mass is 462 g/mol. The Morgan fingerprint density at radius 2 is 1.50 bits per heavy atom. The zero-order valence-electron chi connectivity index (χ0n) is 16.3. The average Bonchev–Trinajstić information content (AvgIpc) is 2.77. The molecule has 1 amide bonds. The number of carbonyl (C=O) groups excluding carboxylic acids is 2. The molecule has 6 heteroatoms. The van der Waals surface area contributed by atoms with Crippen molar-refractivity contribution in [2.24, 2.45) is 0 Å². The van der Waals surface area contributed by atoms with E-state index in [9.17, 15) is 9.59 Å². The van der Waals surface area contributed by atoms with Crippen LogP contribution in [-0.2, 0) is 16.0 Å². The van der Waals surface area contributed by atoms with Crippen LogP contribution in [0.2, 0.25) is 0 Å². The van der Waals surface area contributed by atoms with Crippen molar-refractivity contribution in [2.45, 2.75) is 12.5 Å². The van der Waals surface area contributed by atoms with E-state index in [0.717, 1.165) is 31.8 Å². The van der Waals surface area contributed by atoms with Crippen molar-refractivity contribution in [1.82, 2.24) is 10.3 Å². The predicted octanol–water partition coefficient (Wildman–Crippen LogP) is 4.66. The summed E-state index contributed by atoms with van der Waals surface area (Å²) in [6.45, 7) is 0. The molecule has 0 spiro atoms. The maximum Gasteiger partial charge on any atom is 0.328 e. The molecule has 0 fully saturated rings. The van der Waals surface area contributed by atoms with Crippen LogP contribution in [0.15, 0.2) is 77.3 Å². The number of hydrogen-bond acceptors (Lipinski definition) is 4. The number of hydrogen-bond donors (Lipinski definition) is 1. The first-order valence-corrected chi connectivity index (χ1v) is 10.3. The Bertz CT molecular complexity index is 1180. The summed E-state index contributed by atoms with van der Waals surface area (Å²) in [5.41, 5.74) is 2.87. The van der Waals surface area contributed by atoms with Gasteiger partial charge >= 0.3 is 5.97 Å². The second kappa shape index (κ2) is 8.63. The normalized spacial score (nSPS) is 11.9. The lowest BCUT2D eigenvalue weighted by molar-refractivity contribution is -0.142. The number of aromatic nitrogens is 1. The number of carbonyl (C=O) groups is 2. The number of nitrogens with zero attached hydrogens (tertiary/aromatic N) is 1. The molecule has 150 valence electrons. The molecule has 0 aliphatic carbocycles. The number of benzene rings is 3. The molecule has 30 heavy (non-hydrogen) atoms. The number of pyridine rings is 1. The lowest BCUT2D eigenvalue weighted by Crippen LogP contribution is -2.43. The fourth-order valence-corrected chi connectivity index (χ4v) is 3.77. The third kappa shape index (κ3) is 4.04. The van der Waals surface area contributed by atoms with Gasteiger partial charge in [-0.2, -0.15) is 0 Å². The van der Waals surface area contributed by atoms with E-state index in [1.807, 2.05) is 72.8 Å². The van der Waals surface area contributed by atoms with Gasteiger partial charge in [-0.05, 0) is 29.8 Å². The fourth-order valence-electron chi connectivity index (χ4n) is 3.51. The molecule has 3 aromatic carbocycles. The summed E-state index contributed by atoms with van der Waals surface area (Å²) in [6.07, 6.45) is 0.326. The molecule has 0 aliphatic rings. The molecule has 4 aromatic rings. The van der Waals surface area contributed by atoms with Gasteiger partial charge in [-0.1, -0.05) is 64.5 Å². The Morgan fingerprint density at radius 3 is 2.07 bits per heavy atom. The number of halogens is 1. The minimum absolute atomic E-state index is 0.326. The molecule has 1 aromatic heterocycles. The summed E-state index contributed by atoms with van der Waals surface area (Å²) in [5.74, 6) is -0.828. The standard InChI is InChI=1S/C24H19BrN2O3/c1-30-24(29)21(14-15-10-12-16(25)13-11-15)27-23(28)22-17-6-2-4-8-19(17)26-20-9-5-3-7-18(20)22/h2-13,21H,14H2,1H3,(H,27,28)/t21-/m0/s1. The van der Waals surface area contributed by atoms with E-state index >= 15 is 0 Å². The summed E-state index contributed by atoms with van der Waals surface area (Å²) >= 11 is 3.40. The number of para-hydroxylation sites is 2. The van der Waals surface area contributed by atoms with Gasteiger partial charge in [0.2, 0.25) is 0 Å². The van der Waals surface area contributed by atoms with Gasteiger partial charge < -0.3 is 10.1 Å². The Hall–Kier alpha value is -3.25. The van der Waals surface area contributed by atoms with Gasteiger partial charge in [-0.3, -0.25) is 4.79 Å². The summed E-state index contributed by atoms with van der Waals surface area (Å²) in [5, 5.41) is 4.35. The Labute approximate surface area is 182 Å². The smallest absolute Gasteiger partial charge is 0.328 e. The maximum absolute atomic E-state index is 13.4. The highest BCUT2D eigenvalue weighted by Gasteiger charge is 2.25. The second-order valence-electron chi connectivity index (χ2n) is 6.90. The van der Waals surface area contributed by atoms with Crippen LogP contribution in [0.5, 0.6) is 0 Å². The van der Waals surface area contributed by atoms with Crippen molar-refractivity contribution in [3.05, 3.63) is 88.4 Å². The minimum atomic E-state index is -0.811. The second-order valence-corrected chi connectivity index (χ2v) is 7.82. The van der Waals surface area contributed by atoms with E-state index in [1.165, 1.54) is 7.11 Å². The Morgan fingerprint density at radius 1 is 0.933 bits per heavy atom. The van der Waals surface area contributed by atoms with Crippen molar-refractivity contribution in [3.63, 3.8) is 0 Å². The molecule has 1 N–H and O–H groups in total. The summed E-state index contributed by atoms with van der Waals surface area (Å²) < 4.78 is 5.89. The van der Waals surface area contributed by atoms with E-state index in [2.05, 4.69) is 26.2 Å². The van der Waals surface area contributed by atoms with Crippen LogP contribution in [0.1, 0.15) is 15.9 Å². The van der Waals surface area contributed by atoms with Crippen molar-refractivity contribution >= 4 is 49.6 Å². The molecule has 1 atom stereocenters. The van der Waals surface area contributed by atoms with Crippen LogP contribution in [0.3, 0.4) is 0 Å². The number of esters is 1. The first kappa shape index (κ1) is 20.0. The highest BCUT2D eigenvalue weighted by atomic mass is 79.9. The molecule has 5 nitrogen and oxygen atoms in total. The van der Waals surface area contributed by atoms with Crippen LogP contribution in [-0.4, -0.2) is 30.0 Å². The third-order valence-electron chi connectivity index (χ3n) is 4.96. The highest BCUT2D eigenvalue weighted by molar-refractivity contribution is 9.10. The third-order valence-corrected chi connectivity index (χ3v) is 5.49. The highest BCUT2D eigenvalue weighted by Crippen LogP contribution is 2.26. The number of rotatable bonds is 5. The molecular formula is C24H19BrN2O3. The topological polar surface area (TPSA) is 68.3 Å². The largest absolute Gasteiger partial charge is 0.467 e. The quantitative estimate of drug-likeness (QED) is 0.345. The van der Waals surface area contributed by atoms with Crippen LogP contribution < -0.4 is 5.32 Å². The van der Waals surface area contributed by atoms with Crippen molar-refractivity contribution in [1.29, 1.82) is 0 Å². The van der Waals surface area contributed by atoms with Gasteiger partial charge in [0.1, 0.15) is 6.04 Å². The zero-order chi connectivity index (χ0) is 21.1. The van der Waals surface area contributed by atoms with Crippen molar-refractivity contribution in [2.75, 3.05) is 7.11 Å². The van der Waals surface area contributed by atoms with E-state index in [0.29, 0.717) is 12.0 Å². The van der Waals surface area contributed by atoms with E-state index in [4.69, 9.17) is 4.74 Å². The summed E-state index contributed by atoms with van der Waals surface area (Å²) in [6, 6.07) is 21.8. The number of ether oxygens (including phenoxy) is 1. The average molecular weight is 463 g/mol. The Balaban J connectivity index is 1.74. The van der Waals surface area contributed by atoms with Crippen LogP contribution in [0.4, 0.5) is 0 Å². The van der Waals surface area contributed by atoms with Crippen molar-refractivity contribution < 1.29 is 14.3 Å². The fraction of sp³-hybridized carbons (Fsp3) is 0.125. The van der Waals surface area contributed by atoms with E-state index < -0.39 is 12.0 Å². The number of nitrogens with one attached hydrogen (secondary N) is 1. The molecule has 0 aliphatic heterocycles. The maximum atomic E-state index is 13.4. The molecule has 0 saturated carbocycles. The molecule has 4 rings (SSSR count). The van der Waals surface area contributed by atoms with Gasteiger partial charge in [0.15, 0.2) is 0 Å². The van der Waals surface area contributed by atoms with Gasteiger partial charge in [0.25, 0.3) is 5.91 Å². The molecule has 0 saturated heterocycles. The number of amides is 1. The molecular weight excluding hydrogens is 444 g/mol. The first-order chi connectivity index (χ1) is 14.6. The van der Waals surface area contributed by atoms with Gasteiger partial charge in [0, 0.05) is 21.7 Å². The predicted molar refractivity (Wildman–Crippen MR) is 120 cm³/mol. The van der Waals surface area contributed by atoms with Crippen LogP contribution in [0.25, 0.3) is 21.8 Å². The zero-order valence-corrected chi connectivity index (χ0v) is 17.8. The lowest BCUT2D eigenvalue weighted by Gasteiger charge is -2.18. The summed E-state index contributed by atoms with van der Waals surface area (Å²) in [7, 11) is 1.32. The van der Waals surface area contributed by atoms with Gasteiger partial charge in [-0.25, -0.2) is 9.78 Å². The van der Waals surface area contributed by atoms with Crippen LogP contribution in [0, 0.1) is 0 Å².